The van der Waals surface area contributed by atoms with Crippen molar-refractivity contribution in [2.24, 2.45) is 0 Å². The second-order valence-electron chi connectivity index (χ2n) is 3.49. The Balaban J connectivity index is 2.05. The van der Waals surface area contributed by atoms with E-state index in [1.807, 2.05) is 6.07 Å². The zero-order valence-corrected chi connectivity index (χ0v) is 8.59. The fraction of sp³-hybridized carbons (Fsp3) is 0.231. The molecule has 0 saturated heterocycles. The second kappa shape index (κ2) is 4.68. The molecular weight excluding hydrogens is 184 g/mol. The number of benzene rings is 1. The number of rotatable bonds is 4. The molecule has 15 heavy (non-hydrogen) atoms. The fourth-order valence-corrected chi connectivity index (χ4v) is 1.72. The second-order valence-corrected chi connectivity index (χ2v) is 3.49. The highest BCUT2D eigenvalue weighted by atomic mass is 14.8. The minimum absolute atomic E-state index is 0.641. The summed E-state index contributed by atoms with van der Waals surface area (Å²) in [4.78, 5) is 3.26. The average Bonchev–Trinajstić information content (AvgIpc) is 2.68. The van der Waals surface area contributed by atoms with Gasteiger partial charge in [0.2, 0.25) is 0 Å². The van der Waals surface area contributed by atoms with Crippen molar-refractivity contribution in [3.05, 3.63) is 36.0 Å². The van der Waals surface area contributed by atoms with Gasteiger partial charge in [0.05, 0.1) is 6.54 Å². The molecule has 2 rings (SSSR count). The zero-order chi connectivity index (χ0) is 10.5. The molecule has 1 aromatic carbocycles. The lowest BCUT2D eigenvalue weighted by Crippen LogP contribution is -2.16. The van der Waals surface area contributed by atoms with Crippen molar-refractivity contribution in [2.45, 2.75) is 6.42 Å². The first-order valence-electron chi connectivity index (χ1n) is 5.11. The lowest BCUT2D eigenvalue weighted by Gasteiger charge is -1.99. The molecule has 0 saturated carbocycles. The number of hydrogen-bond acceptors (Lipinski definition) is 1. The quantitative estimate of drug-likeness (QED) is 0.570. The molecule has 1 heterocycles. The Morgan fingerprint density at radius 3 is 3.07 bits per heavy atom. The Morgan fingerprint density at radius 2 is 2.20 bits per heavy atom. The van der Waals surface area contributed by atoms with E-state index in [0.717, 1.165) is 13.0 Å². The highest BCUT2D eigenvalue weighted by Gasteiger charge is 2.01. The first kappa shape index (κ1) is 9.82. The summed E-state index contributed by atoms with van der Waals surface area (Å²) in [5.74, 6) is 2.57. The van der Waals surface area contributed by atoms with Gasteiger partial charge in [0.15, 0.2) is 0 Å². The van der Waals surface area contributed by atoms with Crippen LogP contribution in [-0.2, 0) is 6.42 Å². The van der Waals surface area contributed by atoms with Crippen LogP contribution in [0.4, 0.5) is 0 Å². The number of nitrogens with one attached hydrogen (secondary N) is 2. The van der Waals surface area contributed by atoms with E-state index in [-0.39, 0.29) is 0 Å². The number of terminal acetylenes is 1. The fourth-order valence-electron chi connectivity index (χ4n) is 1.72. The molecule has 0 aliphatic rings. The molecule has 1 aromatic heterocycles. The average molecular weight is 198 g/mol. The molecule has 76 valence electrons. The van der Waals surface area contributed by atoms with Crippen molar-refractivity contribution in [1.29, 1.82) is 0 Å². The van der Waals surface area contributed by atoms with Crippen LogP contribution in [0.1, 0.15) is 5.56 Å². The van der Waals surface area contributed by atoms with Gasteiger partial charge in [-0.25, -0.2) is 0 Å². The van der Waals surface area contributed by atoms with Gasteiger partial charge < -0.3 is 10.3 Å². The number of aromatic nitrogens is 1. The molecule has 2 aromatic rings. The lowest BCUT2D eigenvalue weighted by atomic mass is 10.1. The highest BCUT2D eigenvalue weighted by Crippen LogP contribution is 2.17. The van der Waals surface area contributed by atoms with Crippen LogP contribution in [0, 0.1) is 12.3 Å². The van der Waals surface area contributed by atoms with Crippen molar-refractivity contribution < 1.29 is 0 Å². The largest absolute Gasteiger partial charge is 0.361 e. The molecule has 0 aliphatic carbocycles. The van der Waals surface area contributed by atoms with E-state index in [2.05, 4.69) is 40.6 Å². The van der Waals surface area contributed by atoms with Gasteiger partial charge in [-0.15, -0.1) is 6.42 Å². The third kappa shape index (κ3) is 2.20. The number of H-pyrrole nitrogens is 1. The van der Waals surface area contributed by atoms with Gasteiger partial charge in [-0.3, -0.25) is 0 Å². The smallest absolute Gasteiger partial charge is 0.0573 e. The van der Waals surface area contributed by atoms with E-state index >= 15 is 0 Å². The molecule has 0 fully saturated rings. The van der Waals surface area contributed by atoms with Crippen LogP contribution in [0.2, 0.25) is 0 Å². The van der Waals surface area contributed by atoms with E-state index < -0.39 is 0 Å². The maximum absolute atomic E-state index is 5.16. The van der Waals surface area contributed by atoms with E-state index in [4.69, 9.17) is 6.42 Å². The maximum atomic E-state index is 5.16. The summed E-state index contributed by atoms with van der Waals surface area (Å²) in [5.41, 5.74) is 2.54. The summed E-state index contributed by atoms with van der Waals surface area (Å²) in [7, 11) is 0. The monoisotopic (exact) mass is 198 g/mol. The summed E-state index contributed by atoms with van der Waals surface area (Å²) < 4.78 is 0. The van der Waals surface area contributed by atoms with E-state index in [1.54, 1.807) is 0 Å². The molecule has 2 heteroatoms. The Bertz CT molecular complexity index is 476. The van der Waals surface area contributed by atoms with Crippen molar-refractivity contribution >= 4 is 10.9 Å². The van der Waals surface area contributed by atoms with Gasteiger partial charge in [-0.2, -0.15) is 0 Å². The van der Waals surface area contributed by atoms with Gasteiger partial charge in [-0.05, 0) is 18.1 Å². The molecule has 0 amide bonds. The Morgan fingerprint density at radius 1 is 1.33 bits per heavy atom. The molecule has 2 N–H and O–H groups in total. The van der Waals surface area contributed by atoms with Crippen LogP contribution in [0.15, 0.2) is 30.5 Å². The SMILES string of the molecule is C#CCNCCc1c[nH]c2ccccc12. The van der Waals surface area contributed by atoms with Gasteiger partial charge in [-0.1, -0.05) is 24.1 Å². The highest BCUT2D eigenvalue weighted by molar-refractivity contribution is 5.83. The number of para-hydroxylation sites is 1. The molecule has 0 atom stereocenters. The van der Waals surface area contributed by atoms with Crippen molar-refractivity contribution in [3.63, 3.8) is 0 Å². The van der Waals surface area contributed by atoms with E-state index in [0.29, 0.717) is 6.54 Å². The zero-order valence-electron chi connectivity index (χ0n) is 8.59. The maximum Gasteiger partial charge on any atom is 0.0573 e. The number of fused-ring (bicyclic) bond motifs is 1. The van der Waals surface area contributed by atoms with Gasteiger partial charge in [0, 0.05) is 23.6 Å². The normalized spacial score (nSPS) is 10.3. The lowest BCUT2D eigenvalue weighted by molar-refractivity contribution is 0.755. The summed E-state index contributed by atoms with van der Waals surface area (Å²) in [6, 6.07) is 8.34. The molecule has 0 radical (unpaired) electrons. The molecule has 0 spiro atoms. The van der Waals surface area contributed by atoms with Crippen molar-refractivity contribution in [2.75, 3.05) is 13.1 Å². The Kier molecular flexibility index (Phi) is 3.06. The first-order valence-corrected chi connectivity index (χ1v) is 5.11. The van der Waals surface area contributed by atoms with Crippen LogP contribution >= 0.6 is 0 Å². The van der Waals surface area contributed by atoms with Gasteiger partial charge in [0.1, 0.15) is 0 Å². The topological polar surface area (TPSA) is 27.8 Å². The van der Waals surface area contributed by atoms with Crippen LogP contribution < -0.4 is 5.32 Å². The third-order valence-electron chi connectivity index (χ3n) is 2.47. The van der Waals surface area contributed by atoms with Crippen LogP contribution in [0.25, 0.3) is 10.9 Å². The van der Waals surface area contributed by atoms with Crippen LogP contribution in [-0.4, -0.2) is 18.1 Å². The van der Waals surface area contributed by atoms with Crippen LogP contribution in [0.5, 0.6) is 0 Å². The number of hydrogen-bond donors (Lipinski definition) is 2. The Labute approximate surface area is 89.7 Å². The molecular formula is C13H14N2. The number of aromatic amines is 1. The summed E-state index contributed by atoms with van der Waals surface area (Å²) in [6.07, 6.45) is 8.24. The minimum atomic E-state index is 0.641. The molecule has 2 nitrogen and oxygen atoms in total. The Hall–Kier alpha value is -1.72. The summed E-state index contributed by atoms with van der Waals surface area (Å²) in [6.45, 7) is 1.56. The van der Waals surface area contributed by atoms with Crippen molar-refractivity contribution in [1.82, 2.24) is 10.3 Å². The summed E-state index contributed by atoms with van der Waals surface area (Å²) in [5, 5.41) is 4.49. The molecule has 0 unspecified atom stereocenters. The summed E-state index contributed by atoms with van der Waals surface area (Å²) >= 11 is 0. The minimum Gasteiger partial charge on any atom is -0.361 e. The predicted octanol–water partition coefficient (Wildman–Crippen LogP) is 1.93. The first-order chi connectivity index (χ1) is 7.42. The van der Waals surface area contributed by atoms with E-state index in [1.165, 1.54) is 16.5 Å². The van der Waals surface area contributed by atoms with Gasteiger partial charge >= 0.3 is 0 Å². The van der Waals surface area contributed by atoms with Crippen molar-refractivity contribution in [3.8, 4) is 12.3 Å². The molecule has 0 aliphatic heterocycles. The van der Waals surface area contributed by atoms with Gasteiger partial charge in [0.25, 0.3) is 0 Å². The standard InChI is InChI=1S/C13H14N2/c1-2-8-14-9-7-11-10-15-13-6-4-3-5-12(11)13/h1,3-6,10,14-15H,7-9H2. The van der Waals surface area contributed by atoms with E-state index in [9.17, 15) is 0 Å². The molecule has 0 bridgehead atoms. The predicted molar refractivity (Wildman–Crippen MR) is 63.7 cm³/mol. The van der Waals surface area contributed by atoms with Crippen LogP contribution in [0.3, 0.4) is 0 Å². The third-order valence-corrected chi connectivity index (χ3v) is 2.47.